The first-order chi connectivity index (χ1) is 26.6. The SMILES string of the molecule is COc1ccccc1C(Nc1ccc(C(=O)O[C@@H](Cc2c(Cl)cncc2Cl)c2ccc(OC(F)F)c(OCC3=CC3)c2)cc1)C(=O)O[C@H]1CN2CCC1CC2. The number of hydrogen-bond donors (Lipinski definition) is 1. The number of methoxy groups -OCH3 is 1. The van der Waals surface area contributed by atoms with Crippen molar-refractivity contribution in [2.24, 2.45) is 5.92 Å². The second-order valence-corrected chi connectivity index (χ2v) is 14.4. The maximum absolute atomic E-state index is 13.9. The van der Waals surface area contributed by atoms with Crippen LogP contribution in [0.4, 0.5) is 14.5 Å². The van der Waals surface area contributed by atoms with E-state index < -0.39 is 30.7 Å². The van der Waals surface area contributed by atoms with Crippen molar-refractivity contribution in [3.8, 4) is 17.2 Å². The highest BCUT2D eigenvalue weighted by atomic mass is 35.5. The summed E-state index contributed by atoms with van der Waals surface area (Å²) in [5.74, 6) is -0.351. The fourth-order valence-corrected chi connectivity index (χ4v) is 7.45. The van der Waals surface area contributed by atoms with E-state index >= 15 is 0 Å². The average molecular weight is 795 g/mol. The van der Waals surface area contributed by atoms with Crippen molar-refractivity contribution in [1.29, 1.82) is 0 Å². The molecule has 10 nitrogen and oxygen atoms in total. The van der Waals surface area contributed by atoms with Gasteiger partial charge in [-0.1, -0.05) is 53.5 Å². The molecule has 1 aromatic heterocycles. The van der Waals surface area contributed by atoms with Gasteiger partial charge in [0.25, 0.3) is 0 Å². The van der Waals surface area contributed by atoms with Crippen LogP contribution in [0.1, 0.15) is 58.5 Å². The number of carbonyl (C=O) groups excluding carboxylic acids is 2. The highest BCUT2D eigenvalue weighted by molar-refractivity contribution is 6.35. The topological polar surface area (TPSA) is 108 Å². The molecule has 0 radical (unpaired) electrons. The summed E-state index contributed by atoms with van der Waals surface area (Å²) in [5.41, 5.74) is 3.29. The van der Waals surface area contributed by atoms with Crippen LogP contribution in [0.2, 0.25) is 10.0 Å². The van der Waals surface area contributed by atoms with Crippen LogP contribution in [-0.2, 0) is 20.7 Å². The second-order valence-electron chi connectivity index (χ2n) is 13.6. The van der Waals surface area contributed by atoms with Crippen LogP contribution in [0, 0.1) is 5.92 Å². The zero-order chi connectivity index (χ0) is 38.5. The molecule has 0 spiro atoms. The van der Waals surface area contributed by atoms with E-state index in [0.717, 1.165) is 37.9 Å². The van der Waals surface area contributed by atoms with Gasteiger partial charge in [0.1, 0.15) is 24.6 Å². The third-order valence-corrected chi connectivity index (χ3v) is 10.7. The molecule has 4 aliphatic rings. The third-order valence-electron chi connectivity index (χ3n) is 10.0. The molecule has 14 heteroatoms. The summed E-state index contributed by atoms with van der Waals surface area (Å²) < 4.78 is 54.9. The number of esters is 2. The first kappa shape index (κ1) is 38.4. The molecule has 0 saturated carbocycles. The van der Waals surface area contributed by atoms with Gasteiger partial charge >= 0.3 is 18.6 Å². The molecular weight excluding hydrogens is 755 g/mol. The summed E-state index contributed by atoms with van der Waals surface area (Å²) >= 11 is 12.9. The summed E-state index contributed by atoms with van der Waals surface area (Å²) in [6, 6.07) is 17.2. The molecule has 3 saturated heterocycles. The molecule has 2 bridgehead atoms. The summed E-state index contributed by atoms with van der Waals surface area (Å²) in [6.07, 6.45) is 6.45. The van der Waals surface area contributed by atoms with E-state index in [1.165, 1.54) is 30.6 Å². The van der Waals surface area contributed by atoms with E-state index in [9.17, 15) is 18.4 Å². The van der Waals surface area contributed by atoms with Crippen LogP contribution in [0.5, 0.6) is 17.2 Å². The number of nitrogens with one attached hydrogen (secondary N) is 1. The summed E-state index contributed by atoms with van der Waals surface area (Å²) in [7, 11) is 1.55. The van der Waals surface area contributed by atoms with Gasteiger partial charge in [-0.2, -0.15) is 8.78 Å². The molecule has 288 valence electrons. The Morgan fingerprint density at radius 2 is 1.69 bits per heavy atom. The summed E-state index contributed by atoms with van der Waals surface area (Å²) in [4.78, 5) is 33.9. The molecule has 55 heavy (non-hydrogen) atoms. The number of ether oxygens (including phenoxy) is 5. The second kappa shape index (κ2) is 17.3. The molecule has 3 aromatic carbocycles. The van der Waals surface area contributed by atoms with Crippen molar-refractivity contribution in [2.45, 2.75) is 50.5 Å². The molecule has 8 rings (SSSR count). The number of hydrogen-bond acceptors (Lipinski definition) is 10. The number of rotatable bonds is 16. The fraction of sp³-hybridized carbons (Fsp3) is 0.341. The van der Waals surface area contributed by atoms with Crippen molar-refractivity contribution in [1.82, 2.24) is 9.88 Å². The zero-order valence-electron chi connectivity index (χ0n) is 29.9. The molecular formula is C41H39Cl2F2N3O7. The van der Waals surface area contributed by atoms with Gasteiger partial charge in [0.15, 0.2) is 17.5 Å². The molecule has 3 fully saturated rings. The molecule has 0 amide bonds. The Hall–Kier alpha value is -4.91. The highest BCUT2D eigenvalue weighted by Gasteiger charge is 2.38. The maximum atomic E-state index is 13.9. The Labute approximate surface area is 327 Å². The number of para-hydroxylation sites is 1. The minimum absolute atomic E-state index is 0.0352. The fourth-order valence-electron chi connectivity index (χ4n) is 6.93. The first-order valence-electron chi connectivity index (χ1n) is 18.0. The smallest absolute Gasteiger partial charge is 0.387 e. The van der Waals surface area contributed by atoms with Gasteiger partial charge < -0.3 is 29.0 Å². The van der Waals surface area contributed by atoms with Crippen LogP contribution in [0.25, 0.3) is 0 Å². The maximum Gasteiger partial charge on any atom is 0.387 e. The molecule has 1 unspecified atom stereocenters. The quantitative estimate of drug-likeness (QED) is 0.0875. The van der Waals surface area contributed by atoms with E-state index in [0.29, 0.717) is 40.6 Å². The zero-order valence-corrected chi connectivity index (χ0v) is 31.4. The summed E-state index contributed by atoms with van der Waals surface area (Å²) in [6.45, 7) is -0.124. The van der Waals surface area contributed by atoms with Gasteiger partial charge in [-0.15, -0.1) is 0 Å². The number of anilines is 1. The molecule has 1 aliphatic carbocycles. The van der Waals surface area contributed by atoms with E-state index in [1.807, 2.05) is 24.3 Å². The standard InChI is InChI=1S/C41H39Cl2F2N3O7/c1-51-33-5-3-2-4-29(33)38(40(50)54-37-22-48-16-14-25(37)15-17-48)47-28-11-8-26(9-12-28)39(49)53-35(19-30-31(42)20-46-21-32(30)43)27-10-13-34(55-41(44)45)36(18-27)52-23-24-6-7-24/h2-6,8-13,18,20-21,25,35,37-38,41,47H,7,14-17,19,22-23H2,1H3/t35-,37-,38?/m0/s1. The van der Waals surface area contributed by atoms with E-state index in [4.69, 9.17) is 46.9 Å². The number of nitrogens with zero attached hydrogens (tertiary/aromatic N) is 2. The minimum atomic E-state index is -3.07. The Kier molecular flexibility index (Phi) is 12.0. The number of piperidine rings is 3. The Bertz CT molecular complexity index is 2020. The number of allylic oxidation sites excluding steroid dienone is 1. The largest absolute Gasteiger partial charge is 0.496 e. The number of aromatic nitrogens is 1. The van der Waals surface area contributed by atoms with E-state index in [1.54, 1.807) is 37.4 Å². The van der Waals surface area contributed by atoms with Crippen molar-refractivity contribution in [2.75, 3.05) is 38.7 Å². The number of alkyl halides is 2. The lowest BCUT2D eigenvalue weighted by atomic mass is 9.86. The van der Waals surface area contributed by atoms with Crippen LogP contribution >= 0.6 is 23.2 Å². The lowest BCUT2D eigenvalue weighted by Crippen LogP contribution is -2.52. The lowest BCUT2D eigenvalue weighted by molar-refractivity contribution is -0.160. The van der Waals surface area contributed by atoms with Crippen LogP contribution in [0.15, 0.2) is 90.8 Å². The van der Waals surface area contributed by atoms with Crippen molar-refractivity contribution < 1.29 is 42.1 Å². The number of halogens is 4. The third kappa shape index (κ3) is 9.49. The molecule has 1 N–H and O–H groups in total. The number of benzene rings is 3. The normalized spacial score (nSPS) is 19.5. The number of pyridine rings is 1. The van der Waals surface area contributed by atoms with E-state index in [2.05, 4.69) is 15.2 Å². The monoisotopic (exact) mass is 793 g/mol. The number of fused-ring (bicyclic) bond motifs is 3. The molecule has 4 heterocycles. The first-order valence-corrected chi connectivity index (χ1v) is 18.7. The van der Waals surface area contributed by atoms with Crippen molar-refractivity contribution in [3.05, 3.63) is 123 Å². The number of carbonyl (C=O) groups is 2. The minimum Gasteiger partial charge on any atom is -0.496 e. The predicted octanol–water partition coefficient (Wildman–Crippen LogP) is 8.64. The van der Waals surface area contributed by atoms with Gasteiger partial charge in [0.2, 0.25) is 0 Å². The van der Waals surface area contributed by atoms with Crippen LogP contribution in [0.3, 0.4) is 0 Å². The highest BCUT2D eigenvalue weighted by Crippen LogP contribution is 2.38. The molecule has 3 aliphatic heterocycles. The Morgan fingerprint density at radius 1 is 0.964 bits per heavy atom. The van der Waals surface area contributed by atoms with Crippen LogP contribution < -0.4 is 19.5 Å². The average Bonchev–Trinajstić information content (AvgIpc) is 4.03. The van der Waals surface area contributed by atoms with Gasteiger partial charge in [0, 0.05) is 36.6 Å². The van der Waals surface area contributed by atoms with E-state index in [-0.39, 0.29) is 46.2 Å². The predicted molar refractivity (Wildman–Crippen MR) is 202 cm³/mol. The molecule has 4 aromatic rings. The van der Waals surface area contributed by atoms with Gasteiger partial charge in [-0.3, -0.25) is 9.88 Å². The van der Waals surface area contributed by atoms with Crippen molar-refractivity contribution in [3.63, 3.8) is 0 Å². The van der Waals surface area contributed by atoms with Gasteiger partial charge in [0.05, 0.1) is 22.7 Å². The van der Waals surface area contributed by atoms with Crippen LogP contribution in [-0.4, -0.2) is 67.9 Å². The Morgan fingerprint density at radius 3 is 2.35 bits per heavy atom. The summed E-state index contributed by atoms with van der Waals surface area (Å²) in [5, 5.41) is 3.81. The van der Waals surface area contributed by atoms with Gasteiger partial charge in [-0.25, -0.2) is 9.59 Å². The Balaban J connectivity index is 1.12. The van der Waals surface area contributed by atoms with Crippen molar-refractivity contribution >= 4 is 40.8 Å². The lowest BCUT2D eigenvalue weighted by Gasteiger charge is -2.44. The molecule has 3 atom stereocenters. The van der Waals surface area contributed by atoms with Gasteiger partial charge in [-0.05, 0) is 97.4 Å².